The summed E-state index contributed by atoms with van der Waals surface area (Å²) in [7, 11) is 1.65. The van der Waals surface area contributed by atoms with E-state index in [1.807, 2.05) is 47.4 Å². The Labute approximate surface area is 154 Å². The van der Waals surface area contributed by atoms with Crippen LogP contribution in [0.2, 0.25) is 0 Å². The molecule has 0 aromatic heterocycles. The summed E-state index contributed by atoms with van der Waals surface area (Å²) in [6.07, 6.45) is 8.80. The van der Waals surface area contributed by atoms with Crippen molar-refractivity contribution in [3.05, 3.63) is 83.5 Å². The van der Waals surface area contributed by atoms with Gasteiger partial charge in [0, 0.05) is 11.3 Å². The first-order valence-corrected chi connectivity index (χ1v) is 9.22. The van der Waals surface area contributed by atoms with E-state index >= 15 is 0 Å². The van der Waals surface area contributed by atoms with Crippen molar-refractivity contribution in [1.29, 1.82) is 0 Å². The van der Waals surface area contributed by atoms with Gasteiger partial charge in [0.15, 0.2) is 0 Å². The Morgan fingerprint density at radius 2 is 1.77 bits per heavy atom. The average molecular weight is 345 g/mol. The minimum absolute atomic E-state index is 0.0187. The normalized spacial score (nSPS) is 22.7. The van der Waals surface area contributed by atoms with Crippen LogP contribution in [0.3, 0.4) is 0 Å². The largest absolute Gasteiger partial charge is 0.497 e. The second-order valence-corrected chi connectivity index (χ2v) is 6.77. The molecule has 1 amide bonds. The number of rotatable bonds is 3. The van der Waals surface area contributed by atoms with Crippen LogP contribution in [-0.2, 0) is 4.79 Å². The minimum atomic E-state index is -0.0187. The Morgan fingerprint density at radius 3 is 2.50 bits per heavy atom. The molecule has 4 rings (SSSR count). The molecule has 2 aliphatic rings. The lowest BCUT2D eigenvalue weighted by atomic mass is 9.83. The van der Waals surface area contributed by atoms with E-state index in [0.717, 1.165) is 41.8 Å². The highest BCUT2D eigenvalue weighted by atomic mass is 16.5. The van der Waals surface area contributed by atoms with Gasteiger partial charge >= 0.3 is 0 Å². The van der Waals surface area contributed by atoms with Gasteiger partial charge in [0.1, 0.15) is 5.75 Å². The van der Waals surface area contributed by atoms with Crippen molar-refractivity contribution in [3.63, 3.8) is 0 Å². The number of carbonyl (C=O) groups excluding carboxylic acids is 1. The molecule has 1 aliphatic heterocycles. The van der Waals surface area contributed by atoms with Gasteiger partial charge in [-0.1, -0.05) is 42.5 Å². The van der Waals surface area contributed by atoms with Gasteiger partial charge in [-0.05, 0) is 61.1 Å². The number of ether oxygens (including phenoxy) is 1. The van der Waals surface area contributed by atoms with Crippen molar-refractivity contribution in [2.24, 2.45) is 0 Å². The van der Waals surface area contributed by atoms with Crippen LogP contribution in [0.25, 0.3) is 0 Å². The first-order valence-electron chi connectivity index (χ1n) is 9.22. The van der Waals surface area contributed by atoms with Crippen molar-refractivity contribution < 1.29 is 9.53 Å². The predicted octanol–water partition coefficient (Wildman–Crippen LogP) is 5.21. The zero-order chi connectivity index (χ0) is 17.9. The molecular formula is C23H23NO2. The average Bonchev–Trinajstić information content (AvgIpc) is 2.96. The molecule has 0 N–H and O–H groups in total. The minimum Gasteiger partial charge on any atom is -0.497 e. The van der Waals surface area contributed by atoms with Gasteiger partial charge in [0.05, 0.1) is 13.2 Å². The van der Waals surface area contributed by atoms with E-state index in [2.05, 4.69) is 24.3 Å². The lowest BCUT2D eigenvalue weighted by Crippen LogP contribution is -2.50. The van der Waals surface area contributed by atoms with Crippen LogP contribution in [0.4, 0.5) is 5.69 Å². The fraction of sp³-hybridized carbons (Fsp3) is 0.261. The monoisotopic (exact) mass is 345 g/mol. The highest BCUT2D eigenvalue weighted by Gasteiger charge is 2.45. The summed E-state index contributed by atoms with van der Waals surface area (Å²) in [5.74, 6) is 0.911. The van der Waals surface area contributed by atoms with Crippen molar-refractivity contribution in [1.82, 2.24) is 0 Å². The lowest BCUT2D eigenvalue weighted by molar-refractivity contribution is -0.119. The van der Waals surface area contributed by atoms with Crippen molar-refractivity contribution in [2.45, 2.75) is 31.7 Å². The third kappa shape index (κ3) is 2.94. The van der Waals surface area contributed by atoms with E-state index in [4.69, 9.17) is 4.74 Å². The van der Waals surface area contributed by atoms with Crippen LogP contribution in [-0.4, -0.2) is 13.0 Å². The first kappa shape index (κ1) is 16.6. The summed E-state index contributed by atoms with van der Waals surface area (Å²) < 4.78 is 5.25. The van der Waals surface area contributed by atoms with E-state index in [1.165, 1.54) is 12.0 Å². The number of β-lactam (4-membered cyclic amide) rings is 1. The van der Waals surface area contributed by atoms with Crippen LogP contribution >= 0.6 is 0 Å². The lowest BCUT2D eigenvalue weighted by Gasteiger charge is -2.44. The van der Waals surface area contributed by atoms with Crippen molar-refractivity contribution >= 4 is 11.6 Å². The van der Waals surface area contributed by atoms with Gasteiger partial charge in [-0.15, -0.1) is 0 Å². The molecule has 2 aromatic carbocycles. The van der Waals surface area contributed by atoms with Gasteiger partial charge in [-0.25, -0.2) is 0 Å². The van der Waals surface area contributed by atoms with Crippen molar-refractivity contribution in [3.8, 4) is 5.75 Å². The molecular weight excluding hydrogens is 322 g/mol. The standard InChI is InChI=1S/C23H23NO2/c1-26-20-15-13-19(14-16-20)24-22(18-11-7-4-8-12-18)21(23(24)25)17-9-5-2-3-6-10-17/h4-5,7-9,11-16,22H,2-3,6,10H2,1H3/b21-17-. The van der Waals surface area contributed by atoms with Gasteiger partial charge in [-0.2, -0.15) is 0 Å². The Balaban J connectivity index is 1.77. The number of benzene rings is 2. The summed E-state index contributed by atoms with van der Waals surface area (Å²) in [5.41, 5.74) is 4.21. The number of hydrogen-bond donors (Lipinski definition) is 0. The topological polar surface area (TPSA) is 29.5 Å². The Kier molecular flexibility index (Phi) is 4.61. The van der Waals surface area contributed by atoms with Gasteiger partial charge in [-0.3, -0.25) is 9.69 Å². The number of hydrogen-bond acceptors (Lipinski definition) is 2. The molecule has 0 radical (unpaired) electrons. The predicted molar refractivity (Wildman–Crippen MR) is 104 cm³/mol. The maximum atomic E-state index is 13.1. The quantitative estimate of drug-likeness (QED) is 0.564. The molecule has 132 valence electrons. The number of anilines is 1. The van der Waals surface area contributed by atoms with E-state index < -0.39 is 0 Å². The molecule has 1 atom stereocenters. The van der Waals surface area contributed by atoms with Crippen LogP contribution < -0.4 is 9.64 Å². The molecule has 2 aromatic rings. The number of amides is 1. The molecule has 3 heteroatoms. The molecule has 0 bridgehead atoms. The molecule has 1 aliphatic carbocycles. The maximum absolute atomic E-state index is 13.1. The highest BCUT2D eigenvalue weighted by Crippen LogP contribution is 2.46. The maximum Gasteiger partial charge on any atom is 0.257 e. The second kappa shape index (κ2) is 7.20. The molecule has 1 fully saturated rings. The van der Waals surface area contributed by atoms with Gasteiger partial charge in [0.2, 0.25) is 0 Å². The number of methoxy groups -OCH3 is 1. The Bertz CT molecular complexity index is 850. The summed E-state index contributed by atoms with van der Waals surface area (Å²) in [4.78, 5) is 15.0. The van der Waals surface area contributed by atoms with Crippen LogP contribution in [0.5, 0.6) is 5.75 Å². The Morgan fingerprint density at radius 1 is 1.00 bits per heavy atom. The number of allylic oxidation sites excluding steroid dienone is 3. The zero-order valence-corrected chi connectivity index (χ0v) is 15.0. The molecule has 1 saturated heterocycles. The zero-order valence-electron chi connectivity index (χ0n) is 15.0. The van der Waals surface area contributed by atoms with E-state index in [1.54, 1.807) is 7.11 Å². The summed E-state index contributed by atoms with van der Waals surface area (Å²) in [6.45, 7) is 0. The molecule has 1 heterocycles. The molecule has 0 saturated carbocycles. The van der Waals surface area contributed by atoms with E-state index in [0.29, 0.717) is 0 Å². The Hall–Kier alpha value is -2.81. The fourth-order valence-electron chi connectivity index (χ4n) is 3.81. The van der Waals surface area contributed by atoms with Crippen LogP contribution in [0, 0.1) is 0 Å². The van der Waals surface area contributed by atoms with Crippen LogP contribution in [0.1, 0.15) is 37.3 Å². The highest BCUT2D eigenvalue weighted by molar-refractivity contribution is 6.16. The van der Waals surface area contributed by atoms with Gasteiger partial charge in [0.25, 0.3) is 5.91 Å². The third-order valence-electron chi connectivity index (χ3n) is 5.18. The van der Waals surface area contributed by atoms with Crippen molar-refractivity contribution in [2.75, 3.05) is 12.0 Å². The SMILES string of the molecule is COc1ccc(N2C(=O)/C(=C3/C=CCCCC3)C2c2ccccc2)cc1. The second-order valence-electron chi connectivity index (χ2n) is 6.77. The fourth-order valence-corrected chi connectivity index (χ4v) is 3.81. The summed E-state index contributed by atoms with van der Waals surface area (Å²) in [6, 6.07) is 18.0. The number of carbonyl (C=O) groups is 1. The molecule has 1 unspecified atom stereocenters. The third-order valence-corrected chi connectivity index (χ3v) is 5.18. The van der Waals surface area contributed by atoms with E-state index in [-0.39, 0.29) is 11.9 Å². The first-order chi connectivity index (χ1) is 12.8. The number of nitrogens with zero attached hydrogens (tertiary/aromatic N) is 1. The van der Waals surface area contributed by atoms with E-state index in [9.17, 15) is 4.79 Å². The summed E-state index contributed by atoms with van der Waals surface area (Å²) in [5, 5.41) is 0. The summed E-state index contributed by atoms with van der Waals surface area (Å²) >= 11 is 0. The van der Waals surface area contributed by atoms with Gasteiger partial charge < -0.3 is 4.74 Å². The molecule has 0 spiro atoms. The molecule has 26 heavy (non-hydrogen) atoms. The smallest absolute Gasteiger partial charge is 0.257 e. The van der Waals surface area contributed by atoms with Crippen LogP contribution in [0.15, 0.2) is 77.9 Å². The molecule has 3 nitrogen and oxygen atoms in total.